The molecule has 0 heterocycles. The Kier molecular flexibility index (Phi) is 7.44. The average molecular weight is 364 g/mol. The van der Waals surface area contributed by atoms with E-state index in [1.807, 2.05) is 0 Å². The maximum Gasteiger partial charge on any atom is -0.147 e. The van der Waals surface area contributed by atoms with Crippen LogP contribution in [0.15, 0.2) is 41.0 Å². The molecule has 0 amide bonds. The third-order valence-corrected chi connectivity index (χ3v) is 8.48. The molecule has 0 aromatic rings. The number of hydrogen-bond acceptors (Lipinski definition) is 0. The van der Waals surface area contributed by atoms with E-state index in [1.54, 1.807) is 23.3 Å². The van der Waals surface area contributed by atoms with Crippen molar-refractivity contribution in [3.05, 3.63) is 41.0 Å². The smallest absolute Gasteiger partial charge is 0.147 e. The van der Waals surface area contributed by atoms with Crippen molar-refractivity contribution in [3.8, 4) is 0 Å². The summed E-state index contributed by atoms with van der Waals surface area (Å²) in [7, 11) is 0. The van der Waals surface area contributed by atoms with Gasteiger partial charge in [0.15, 0.2) is 0 Å². The summed E-state index contributed by atoms with van der Waals surface area (Å²) < 4.78 is 3.60. The minimum absolute atomic E-state index is 0. The molecular formula is C15H22Cl2Zr. The average Bonchev–Trinajstić information content (AvgIpc) is 2.62. The summed E-state index contributed by atoms with van der Waals surface area (Å²) in [4.78, 5) is 0. The normalized spacial score (nSPS) is 22.4. The van der Waals surface area contributed by atoms with Crippen LogP contribution in [-0.2, 0) is 23.2 Å². The molecule has 0 bridgehead atoms. The molecule has 0 aromatic carbocycles. The molecule has 0 aliphatic heterocycles. The quantitative estimate of drug-likeness (QED) is 0.615. The first kappa shape index (κ1) is 18.4. The fourth-order valence-corrected chi connectivity index (χ4v) is 6.65. The van der Waals surface area contributed by atoms with Crippen LogP contribution in [0, 0.1) is 5.92 Å². The molecule has 0 spiro atoms. The minimum Gasteiger partial charge on any atom is -0.147 e. The molecule has 2 aliphatic carbocycles. The zero-order valence-corrected chi connectivity index (χ0v) is 15.8. The Morgan fingerprint density at radius 2 is 1.72 bits per heavy atom. The largest absolute Gasteiger partial charge is 0.147 e. The molecule has 0 nitrogen and oxygen atoms in total. The summed E-state index contributed by atoms with van der Waals surface area (Å²) in [5, 5.41) is 0. The fraction of sp³-hybridized carbons (Fsp3) is 0.467. The van der Waals surface area contributed by atoms with E-state index in [4.69, 9.17) is 0 Å². The number of hydrogen-bond donors (Lipinski definition) is 0. The molecule has 0 N–H and O–H groups in total. The second-order valence-electron chi connectivity index (χ2n) is 5.13. The third kappa shape index (κ3) is 3.72. The van der Waals surface area contributed by atoms with E-state index in [-0.39, 0.29) is 24.8 Å². The molecule has 1 atom stereocenters. The van der Waals surface area contributed by atoms with Crippen molar-refractivity contribution in [1.82, 2.24) is 0 Å². The Bertz CT molecular complexity index is 453. The van der Waals surface area contributed by atoms with E-state index in [0.717, 1.165) is 0 Å². The van der Waals surface area contributed by atoms with Gasteiger partial charge in [0, 0.05) is 0 Å². The topological polar surface area (TPSA) is 0 Å². The van der Waals surface area contributed by atoms with E-state index in [0.29, 0.717) is 5.92 Å². The second kappa shape index (κ2) is 7.27. The van der Waals surface area contributed by atoms with E-state index in [1.165, 1.54) is 12.0 Å². The monoisotopic (exact) mass is 362 g/mol. The number of halogens is 2. The van der Waals surface area contributed by atoms with Crippen LogP contribution in [0.1, 0.15) is 41.0 Å². The molecule has 2 aliphatic rings. The van der Waals surface area contributed by atoms with E-state index in [2.05, 4.69) is 46.8 Å². The number of rotatable bonds is 2. The van der Waals surface area contributed by atoms with Crippen LogP contribution in [0.5, 0.6) is 0 Å². The van der Waals surface area contributed by atoms with Gasteiger partial charge in [0.1, 0.15) is 0 Å². The fourth-order valence-electron chi connectivity index (χ4n) is 2.58. The predicted molar refractivity (Wildman–Crippen MR) is 81.2 cm³/mol. The van der Waals surface area contributed by atoms with Gasteiger partial charge in [0.05, 0.1) is 0 Å². The Balaban J connectivity index is 0.00000144. The maximum absolute atomic E-state index is 2.44. The van der Waals surface area contributed by atoms with Gasteiger partial charge >= 0.3 is 111 Å². The van der Waals surface area contributed by atoms with Gasteiger partial charge in [-0.3, -0.25) is 0 Å². The van der Waals surface area contributed by atoms with Gasteiger partial charge in [-0.05, 0) is 0 Å². The molecular weight excluding hydrogens is 342 g/mol. The zero-order valence-electron chi connectivity index (χ0n) is 11.8. The van der Waals surface area contributed by atoms with Gasteiger partial charge < -0.3 is 0 Å². The van der Waals surface area contributed by atoms with Gasteiger partial charge in [0.2, 0.25) is 0 Å². The molecule has 0 fully saturated rings. The Morgan fingerprint density at radius 3 is 2.11 bits per heavy atom. The van der Waals surface area contributed by atoms with Gasteiger partial charge in [-0.25, -0.2) is 0 Å². The summed E-state index contributed by atoms with van der Waals surface area (Å²) in [6, 6.07) is 0. The first-order chi connectivity index (χ1) is 7.49. The van der Waals surface area contributed by atoms with Crippen LogP contribution in [0.25, 0.3) is 0 Å². The zero-order chi connectivity index (χ0) is 11.9. The van der Waals surface area contributed by atoms with Gasteiger partial charge in [-0.2, -0.15) is 0 Å². The van der Waals surface area contributed by atoms with Crippen molar-refractivity contribution in [2.75, 3.05) is 0 Å². The van der Waals surface area contributed by atoms with Crippen LogP contribution in [-0.4, -0.2) is 0 Å². The maximum atomic E-state index is 2.44. The molecule has 0 saturated heterocycles. The van der Waals surface area contributed by atoms with Gasteiger partial charge in [-0.1, -0.05) is 0 Å². The van der Waals surface area contributed by atoms with Crippen molar-refractivity contribution in [3.63, 3.8) is 0 Å². The summed E-state index contributed by atoms with van der Waals surface area (Å²) >= 11 is -0.493. The Morgan fingerprint density at radius 1 is 1.11 bits per heavy atom. The molecule has 0 saturated carbocycles. The first-order valence-corrected chi connectivity index (χ1v) is 8.48. The molecule has 3 heteroatoms. The molecule has 0 radical (unpaired) electrons. The van der Waals surface area contributed by atoms with Crippen LogP contribution in [0.2, 0.25) is 0 Å². The summed E-state index contributed by atoms with van der Waals surface area (Å²) in [6.45, 7) is 11.5. The van der Waals surface area contributed by atoms with Crippen molar-refractivity contribution in [1.29, 1.82) is 0 Å². The number of allylic oxidation sites excluding steroid dienone is 8. The van der Waals surface area contributed by atoms with Crippen molar-refractivity contribution in [2.24, 2.45) is 5.92 Å². The Hall–Kier alpha value is 0.423. The van der Waals surface area contributed by atoms with Crippen LogP contribution in [0.4, 0.5) is 0 Å². The summed E-state index contributed by atoms with van der Waals surface area (Å²) in [5.74, 6) is 0.716. The van der Waals surface area contributed by atoms with Crippen molar-refractivity contribution >= 4 is 24.8 Å². The van der Waals surface area contributed by atoms with Crippen molar-refractivity contribution < 1.29 is 23.2 Å². The molecule has 0 aromatic heterocycles. The van der Waals surface area contributed by atoms with Crippen molar-refractivity contribution in [2.45, 2.75) is 41.0 Å². The molecule has 18 heavy (non-hydrogen) atoms. The standard InChI is InChI=1S/C8H11.C7H9.2ClH.Zr/c1-6-4-7(2)8(3)5-6;1-6-3-4-7(2)5-6;;;/h4,6H,1-3H3;5H,3H2,1-2H3;2*1H;. The minimum atomic E-state index is -0.493. The van der Waals surface area contributed by atoms with E-state index < -0.39 is 23.2 Å². The summed E-state index contributed by atoms with van der Waals surface area (Å²) in [6.07, 6.45) is 6.09. The van der Waals surface area contributed by atoms with Crippen LogP contribution >= 0.6 is 24.8 Å². The van der Waals surface area contributed by atoms with Gasteiger partial charge in [-0.15, -0.1) is 24.8 Å². The second-order valence-corrected chi connectivity index (χ2v) is 8.55. The van der Waals surface area contributed by atoms with Crippen LogP contribution < -0.4 is 0 Å². The van der Waals surface area contributed by atoms with E-state index in [9.17, 15) is 0 Å². The molecule has 2 rings (SSSR count). The third-order valence-electron chi connectivity index (χ3n) is 3.63. The summed E-state index contributed by atoms with van der Waals surface area (Å²) in [5.41, 5.74) is 6.25. The van der Waals surface area contributed by atoms with Gasteiger partial charge in [0.25, 0.3) is 0 Å². The first-order valence-electron chi connectivity index (χ1n) is 6.02. The molecule has 1 unspecified atom stereocenters. The molecule has 100 valence electrons. The van der Waals surface area contributed by atoms with E-state index >= 15 is 0 Å². The van der Waals surface area contributed by atoms with Crippen LogP contribution in [0.3, 0.4) is 0 Å². The SMILES string of the molecule is CC1=CC(C)=[C]([Zr][C]2=C(C)C(C)=CC2C)C1.Cl.Cl. The predicted octanol–water partition coefficient (Wildman–Crippen LogP) is 5.41. The Labute approximate surface area is 135 Å².